The zero-order valence-corrected chi connectivity index (χ0v) is 16.0. The highest BCUT2D eigenvalue weighted by atomic mass is 35.5. The lowest BCUT2D eigenvalue weighted by Gasteiger charge is -2.28. The maximum atomic E-state index is 12.2. The first-order valence-electron chi connectivity index (χ1n) is 8.26. The summed E-state index contributed by atoms with van der Waals surface area (Å²) < 4.78 is 5.90. The summed E-state index contributed by atoms with van der Waals surface area (Å²) in [6, 6.07) is 11.0. The molecule has 0 saturated carbocycles. The molecule has 0 spiro atoms. The third-order valence-electron chi connectivity index (χ3n) is 4.04. The van der Waals surface area contributed by atoms with Gasteiger partial charge in [0.25, 0.3) is 5.91 Å². The van der Waals surface area contributed by atoms with Crippen molar-refractivity contribution >= 4 is 46.1 Å². The maximum absolute atomic E-state index is 12.2. The van der Waals surface area contributed by atoms with Gasteiger partial charge in [-0.1, -0.05) is 11.6 Å². The molecule has 1 aliphatic heterocycles. The number of thiophene rings is 1. The Labute approximate surface area is 161 Å². The third kappa shape index (κ3) is 4.75. The van der Waals surface area contributed by atoms with Crippen molar-refractivity contribution in [3.05, 3.63) is 45.6 Å². The lowest BCUT2D eigenvalue weighted by atomic mass is 10.2. The summed E-state index contributed by atoms with van der Waals surface area (Å²) in [4.78, 5) is 28.6. The Bertz CT molecular complexity index is 772. The van der Waals surface area contributed by atoms with Gasteiger partial charge < -0.3 is 19.9 Å². The summed E-state index contributed by atoms with van der Waals surface area (Å²) in [6.45, 7) is 3.17. The van der Waals surface area contributed by atoms with Gasteiger partial charge in [-0.25, -0.2) is 0 Å². The first-order valence-corrected chi connectivity index (χ1v) is 9.46. The van der Waals surface area contributed by atoms with Crippen LogP contribution in [-0.4, -0.2) is 56.6 Å². The van der Waals surface area contributed by atoms with Crippen molar-refractivity contribution < 1.29 is 14.3 Å². The number of morpholine rings is 1. The predicted molar refractivity (Wildman–Crippen MR) is 104 cm³/mol. The van der Waals surface area contributed by atoms with Crippen LogP contribution < -0.4 is 10.2 Å². The van der Waals surface area contributed by atoms with Crippen LogP contribution in [0, 0.1) is 0 Å². The molecule has 1 aliphatic rings. The summed E-state index contributed by atoms with van der Waals surface area (Å²) >= 11 is 7.05. The fourth-order valence-electron chi connectivity index (χ4n) is 2.68. The average Bonchev–Trinajstić information content (AvgIpc) is 3.08. The minimum absolute atomic E-state index is 0.0282. The molecule has 2 amide bonds. The number of halogens is 1. The van der Waals surface area contributed by atoms with Crippen molar-refractivity contribution in [2.24, 2.45) is 0 Å². The number of carbonyl (C=O) groups is 2. The van der Waals surface area contributed by atoms with Crippen molar-refractivity contribution in [3.8, 4) is 0 Å². The normalized spacial score (nSPS) is 14.2. The molecule has 1 aromatic carbocycles. The fourth-order valence-corrected chi connectivity index (χ4v) is 3.72. The van der Waals surface area contributed by atoms with E-state index < -0.39 is 0 Å². The van der Waals surface area contributed by atoms with Crippen LogP contribution in [0.25, 0.3) is 0 Å². The second-order valence-electron chi connectivity index (χ2n) is 5.96. The number of ether oxygens (including phenoxy) is 1. The Morgan fingerprint density at radius 2 is 1.88 bits per heavy atom. The quantitative estimate of drug-likeness (QED) is 0.848. The van der Waals surface area contributed by atoms with Crippen LogP contribution in [0.4, 0.5) is 11.4 Å². The molecular weight excluding hydrogens is 374 g/mol. The number of benzene rings is 1. The molecule has 3 rings (SSSR count). The minimum Gasteiger partial charge on any atom is -0.378 e. The number of nitrogens with zero attached hydrogens (tertiary/aromatic N) is 2. The molecule has 1 saturated heterocycles. The number of hydrogen-bond donors (Lipinski definition) is 1. The minimum atomic E-state index is -0.248. The monoisotopic (exact) mass is 393 g/mol. The molecule has 0 bridgehead atoms. The number of rotatable bonds is 5. The maximum Gasteiger partial charge on any atom is 0.264 e. The van der Waals surface area contributed by atoms with Crippen LogP contribution in [0.3, 0.4) is 0 Å². The van der Waals surface area contributed by atoms with Crippen molar-refractivity contribution in [1.82, 2.24) is 4.90 Å². The Morgan fingerprint density at radius 3 is 2.50 bits per heavy atom. The van der Waals surface area contributed by atoms with E-state index in [2.05, 4.69) is 10.2 Å². The van der Waals surface area contributed by atoms with Crippen molar-refractivity contribution in [3.63, 3.8) is 0 Å². The van der Waals surface area contributed by atoms with E-state index in [0.717, 1.165) is 32.0 Å². The van der Waals surface area contributed by atoms with Gasteiger partial charge in [-0.2, -0.15) is 0 Å². The van der Waals surface area contributed by atoms with Crippen LogP contribution in [0.1, 0.15) is 9.67 Å². The summed E-state index contributed by atoms with van der Waals surface area (Å²) in [5, 5.41) is 2.82. The molecule has 2 aromatic rings. The van der Waals surface area contributed by atoms with E-state index in [-0.39, 0.29) is 18.4 Å². The first-order chi connectivity index (χ1) is 12.5. The summed E-state index contributed by atoms with van der Waals surface area (Å²) in [5.41, 5.74) is 1.81. The van der Waals surface area contributed by atoms with Gasteiger partial charge in [0.05, 0.1) is 29.0 Å². The van der Waals surface area contributed by atoms with E-state index in [0.29, 0.717) is 14.9 Å². The van der Waals surface area contributed by atoms with Gasteiger partial charge in [0.2, 0.25) is 5.91 Å². The predicted octanol–water partition coefficient (Wildman–Crippen LogP) is 2.95. The smallest absolute Gasteiger partial charge is 0.264 e. The summed E-state index contributed by atoms with van der Waals surface area (Å²) in [6.07, 6.45) is 0. The zero-order valence-electron chi connectivity index (χ0n) is 14.4. The van der Waals surface area contributed by atoms with Gasteiger partial charge in [-0.15, -0.1) is 11.3 Å². The number of anilines is 2. The topological polar surface area (TPSA) is 61.9 Å². The molecule has 0 atom stereocenters. The van der Waals surface area contributed by atoms with Crippen LogP contribution in [0.2, 0.25) is 4.34 Å². The largest absolute Gasteiger partial charge is 0.378 e. The molecule has 1 N–H and O–H groups in total. The number of hydrogen-bond acceptors (Lipinski definition) is 5. The number of nitrogens with one attached hydrogen (secondary N) is 1. The molecule has 26 heavy (non-hydrogen) atoms. The van der Waals surface area contributed by atoms with Crippen molar-refractivity contribution in [2.75, 3.05) is 50.1 Å². The first kappa shape index (κ1) is 18.7. The van der Waals surface area contributed by atoms with E-state index in [4.69, 9.17) is 16.3 Å². The molecular formula is C18H20ClN3O3S. The van der Waals surface area contributed by atoms with Crippen LogP contribution in [0.5, 0.6) is 0 Å². The summed E-state index contributed by atoms with van der Waals surface area (Å²) in [5.74, 6) is -0.470. The Hall–Kier alpha value is -2.09. The van der Waals surface area contributed by atoms with Crippen molar-refractivity contribution in [2.45, 2.75) is 0 Å². The standard InChI is InChI=1S/C18H20ClN3O3S/c1-21(18(24)15-6-7-16(19)26-15)12-17(23)20-13-2-4-14(5-3-13)22-8-10-25-11-9-22/h2-7H,8-12H2,1H3,(H,20,23). The van der Waals surface area contributed by atoms with E-state index in [1.807, 2.05) is 24.3 Å². The molecule has 2 heterocycles. The zero-order chi connectivity index (χ0) is 18.5. The van der Waals surface area contributed by atoms with Gasteiger partial charge in [0.15, 0.2) is 0 Å². The Morgan fingerprint density at radius 1 is 1.19 bits per heavy atom. The molecule has 1 fully saturated rings. The molecule has 0 unspecified atom stereocenters. The Kier molecular flexibility index (Phi) is 6.13. The fraction of sp³-hybridized carbons (Fsp3) is 0.333. The van der Waals surface area contributed by atoms with Crippen LogP contribution >= 0.6 is 22.9 Å². The molecule has 0 radical (unpaired) electrons. The second-order valence-corrected chi connectivity index (χ2v) is 7.67. The molecule has 8 heteroatoms. The molecule has 6 nitrogen and oxygen atoms in total. The highest BCUT2D eigenvalue weighted by molar-refractivity contribution is 7.17. The van der Waals surface area contributed by atoms with E-state index in [1.54, 1.807) is 19.2 Å². The van der Waals surface area contributed by atoms with Crippen LogP contribution in [-0.2, 0) is 9.53 Å². The van der Waals surface area contributed by atoms with Gasteiger partial charge in [-0.05, 0) is 36.4 Å². The molecule has 1 aromatic heterocycles. The number of amides is 2. The van der Waals surface area contributed by atoms with Gasteiger partial charge in [0.1, 0.15) is 0 Å². The van der Waals surface area contributed by atoms with E-state index in [9.17, 15) is 9.59 Å². The summed E-state index contributed by atoms with van der Waals surface area (Å²) in [7, 11) is 1.59. The lowest BCUT2D eigenvalue weighted by Crippen LogP contribution is -2.36. The Balaban J connectivity index is 1.53. The van der Waals surface area contributed by atoms with Gasteiger partial charge in [-0.3, -0.25) is 9.59 Å². The van der Waals surface area contributed by atoms with E-state index in [1.165, 1.54) is 16.2 Å². The van der Waals surface area contributed by atoms with E-state index >= 15 is 0 Å². The SMILES string of the molecule is CN(CC(=O)Nc1ccc(N2CCOCC2)cc1)C(=O)c1ccc(Cl)s1. The molecule has 0 aliphatic carbocycles. The number of likely N-dealkylation sites (N-methyl/N-ethyl adjacent to an activating group) is 1. The lowest BCUT2D eigenvalue weighted by molar-refractivity contribution is -0.116. The number of carbonyl (C=O) groups excluding carboxylic acids is 2. The van der Waals surface area contributed by atoms with Crippen LogP contribution in [0.15, 0.2) is 36.4 Å². The third-order valence-corrected chi connectivity index (χ3v) is 5.26. The highest BCUT2D eigenvalue weighted by Gasteiger charge is 2.17. The van der Waals surface area contributed by atoms with Gasteiger partial charge >= 0.3 is 0 Å². The van der Waals surface area contributed by atoms with Gasteiger partial charge in [0, 0.05) is 31.5 Å². The molecule has 138 valence electrons. The van der Waals surface area contributed by atoms with Crippen molar-refractivity contribution in [1.29, 1.82) is 0 Å². The highest BCUT2D eigenvalue weighted by Crippen LogP contribution is 2.22. The second kappa shape index (κ2) is 8.53. The average molecular weight is 394 g/mol.